The van der Waals surface area contributed by atoms with E-state index in [4.69, 9.17) is 0 Å². The molecule has 0 radical (unpaired) electrons. The maximum absolute atomic E-state index is 3.79. The van der Waals surface area contributed by atoms with Gasteiger partial charge in [-0.3, -0.25) is 0 Å². The van der Waals surface area contributed by atoms with Gasteiger partial charge in [-0.1, -0.05) is 25.3 Å². The van der Waals surface area contributed by atoms with Crippen molar-refractivity contribution in [1.82, 2.24) is 5.32 Å². The highest BCUT2D eigenvalue weighted by Crippen LogP contribution is 1.98. The Hall–Kier alpha value is -1.24. The molecule has 0 aromatic carbocycles. The van der Waals surface area contributed by atoms with E-state index in [1.54, 1.807) is 6.08 Å². The van der Waals surface area contributed by atoms with E-state index in [0.29, 0.717) is 0 Å². The maximum atomic E-state index is 3.79. The van der Waals surface area contributed by atoms with Crippen LogP contribution in [0.1, 0.15) is 13.8 Å². The van der Waals surface area contributed by atoms with Gasteiger partial charge in [0.25, 0.3) is 0 Å². The Morgan fingerprint density at radius 3 is 2.09 bits per heavy atom. The molecule has 1 N–H and O–H groups in total. The van der Waals surface area contributed by atoms with Crippen molar-refractivity contribution in [1.29, 1.82) is 0 Å². The molecule has 0 aliphatic heterocycles. The van der Waals surface area contributed by atoms with Gasteiger partial charge in [-0.2, -0.15) is 0 Å². The summed E-state index contributed by atoms with van der Waals surface area (Å²) in [5, 5.41) is 2.98. The van der Waals surface area contributed by atoms with Crippen molar-refractivity contribution in [3.8, 4) is 0 Å². The van der Waals surface area contributed by atoms with E-state index in [2.05, 4.69) is 25.1 Å². The highest BCUT2D eigenvalue weighted by molar-refractivity contribution is 5.24. The van der Waals surface area contributed by atoms with E-state index in [0.717, 1.165) is 11.4 Å². The fourth-order valence-electron chi connectivity index (χ4n) is 0.642. The van der Waals surface area contributed by atoms with Crippen molar-refractivity contribution in [3.05, 3.63) is 48.9 Å². The Bertz CT molecular complexity index is 205. The standard InChI is InChI=1S/C10H15N/c1-6-9(4)11-10(5)7-8(2)3/h6-7,11H,1,4-5H2,2-3H3. The van der Waals surface area contributed by atoms with E-state index in [1.165, 1.54) is 5.57 Å². The summed E-state index contributed by atoms with van der Waals surface area (Å²) in [5.74, 6) is 0. The van der Waals surface area contributed by atoms with Crippen LogP contribution in [-0.4, -0.2) is 0 Å². The van der Waals surface area contributed by atoms with Crippen LogP contribution in [0.15, 0.2) is 48.9 Å². The first-order valence-electron chi connectivity index (χ1n) is 3.48. The quantitative estimate of drug-likeness (QED) is 0.606. The van der Waals surface area contributed by atoms with E-state index in [1.807, 2.05) is 19.9 Å². The molecule has 0 saturated carbocycles. The summed E-state index contributed by atoms with van der Waals surface area (Å²) in [6.07, 6.45) is 3.61. The van der Waals surface area contributed by atoms with Gasteiger partial charge in [-0.25, -0.2) is 0 Å². The number of hydrogen-bond donors (Lipinski definition) is 1. The molecule has 0 aromatic heterocycles. The Morgan fingerprint density at radius 1 is 1.18 bits per heavy atom. The van der Waals surface area contributed by atoms with Gasteiger partial charge in [-0.15, -0.1) is 0 Å². The van der Waals surface area contributed by atoms with Crippen molar-refractivity contribution in [2.75, 3.05) is 0 Å². The number of allylic oxidation sites excluding steroid dienone is 3. The molecule has 60 valence electrons. The van der Waals surface area contributed by atoms with Gasteiger partial charge in [-0.05, 0) is 26.0 Å². The van der Waals surface area contributed by atoms with Crippen LogP contribution >= 0.6 is 0 Å². The molecule has 1 nitrogen and oxygen atoms in total. The number of rotatable bonds is 4. The largest absolute Gasteiger partial charge is 0.357 e. The first kappa shape index (κ1) is 9.76. The van der Waals surface area contributed by atoms with Gasteiger partial charge in [0.05, 0.1) is 0 Å². The summed E-state index contributed by atoms with van der Waals surface area (Å²) < 4.78 is 0. The molecule has 0 unspecified atom stereocenters. The molecule has 0 spiro atoms. The molecule has 0 aromatic rings. The normalized spacial score (nSPS) is 8.18. The Labute approximate surface area is 68.8 Å². The zero-order valence-electron chi connectivity index (χ0n) is 7.28. The summed E-state index contributed by atoms with van der Waals surface area (Å²) in [5.41, 5.74) is 2.82. The van der Waals surface area contributed by atoms with Crippen LogP contribution in [0.25, 0.3) is 0 Å². The van der Waals surface area contributed by atoms with Crippen molar-refractivity contribution in [2.45, 2.75) is 13.8 Å². The van der Waals surface area contributed by atoms with Gasteiger partial charge in [0.15, 0.2) is 0 Å². The number of hydrogen-bond acceptors (Lipinski definition) is 1. The average molecular weight is 149 g/mol. The van der Waals surface area contributed by atoms with Gasteiger partial charge >= 0.3 is 0 Å². The Morgan fingerprint density at radius 2 is 1.73 bits per heavy atom. The lowest BCUT2D eigenvalue weighted by atomic mass is 10.3. The fraction of sp³-hybridized carbons (Fsp3) is 0.200. The summed E-state index contributed by atoms with van der Waals surface area (Å²) in [7, 11) is 0. The molecule has 0 saturated heterocycles. The third-order valence-electron chi connectivity index (χ3n) is 1.03. The van der Waals surface area contributed by atoms with E-state index in [9.17, 15) is 0 Å². The molecule has 0 aliphatic rings. The van der Waals surface area contributed by atoms with Crippen molar-refractivity contribution in [2.24, 2.45) is 0 Å². The minimum absolute atomic E-state index is 0.771. The van der Waals surface area contributed by atoms with Crippen LogP contribution in [0.5, 0.6) is 0 Å². The summed E-state index contributed by atoms with van der Waals surface area (Å²) in [4.78, 5) is 0. The zero-order valence-corrected chi connectivity index (χ0v) is 7.28. The highest BCUT2D eigenvalue weighted by Gasteiger charge is 1.87. The predicted molar refractivity (Wildman–Crippen MR) is 51.0 cm³/mol. The lowest BCUT2D eigenvalue weighted by molar-refractivity contribution is 1.05. The van der Waals surface area contributed by atoms with Crippen LogP contribution in [-0.2, 0) is 0 Å². The Kier molecular flexibility index (Phi) is 4.04. The Balaban J connectivity index is 3.99. The summed E-state index contributed by atoms with van der Waals surface area (Å²) >= 11 is 0. The first-order valence-corrected chi connectivity index (χ1v) is 3.48. The van der Waals surface area contributed by atoms with Crippen LogP contribution in [0.4, 0.5) is 0 Å². The van der Waals surface area contributed by atoms with E-state index >= 15 is 0 Å². The molecule has 0 heterocycles. The average Bonchev–Trinajstić information content (AvgIpc) is 1.85. The van der Waals surface area contributed by atoms with Crippen molar-refractivity contribution < 1.29 is 0 Å². The topological polar surface area (TPSA) is 12.0 Å². The fourth-order valence-corrected chi connectivity index (χ4v) is 0.642. The third kappa shape index (κ3) is 5.22. The second kappa shape index (κ2) is 4.56. The molecule has 0 aliphatic carbocycles. The molecule has 0 fully saturated rings. The number of nitrogens with one attached hydrogen (secondary N) is 1. The smallest absolute Gasteiger partial charge is 0.0310 e. The van der Waals surface area contributed by atoms with Gasteiger partial charge < -0.3 is 5.32 Å². The monoisotopic (exact) mass is 149 g/mol. The highest BCUT2D eigenvalue weighted by atomic mass is 14.9. The summed E-state index contributed by atoms with van der Waals surface area (Å²) in [6, 6.07) is 0. The van der Waals surface area contributed by atoms with Crippen LogP contribution in [0, 0.1) is 0 Å². The van der Waals surface area contributed by atoms with E-state index < -0.39 is 0 Å². The lowest BCUT2D eigenvalue weighted by Gasteiger charge is -2.04. The second-order valence-corrected chi connectivity index (χ2v) is 2.60. The van der Waals surface area contributed by atoms with Crippen LogP contribution in [0.2, 0.25) is 0 Å². The predicted octanol–water partition coefficient (Wildman–Crippen LogP) is 2.76. The second-order valence-electron chi connectivity index (χ2n) is 2.60. The van der Waals surface area contributed by atoms with Gasteiger partial charge in [0, 0.05) is 11.4 Å². The molecule has 11 heavy (non-hydrogen) atoms. The van der Waals surface area contributed by atoms with Crippen molar-refractivity contribution in [3.63, 3.8) is 0 Å². The van der Waals surface area contributed by atoms with E-state index in [-0.39, 0.29) is 0 Å². The third-order valence-corrected chi connectivity index (χ3v) is 1.03. The summed E-state index contributed by atoms with van der Waals surface area (Å²) in [6.45, 7) is 15.1. The maximum Gasteiger partial charge on any atom is 0.0310 e. The minimum atomic E-state index is 0.771. The first-order chi connectivity index (χ1) is 5.06. The van der Waals surface area contributed by atoms with Gasteiger partial charge in [0.2, 0.25) is 0 Å². The molecule has 0 bridgehead atoms. The molecule has 1 heteroatoms. The van der Waals surface area contributed by atoms with Crippen molar-refractivity contribution >= 4 is 0 Å². The molecule has 0 amide bonds. The molecule has 0 rings (SSSR count). The van der Waals surface area contributed by atoms with Gasteiger partial charge in [0.1, 0.15) is 0 Å². The van der Waals surface area contributed by atoms with Crippen LogP contribution in [0.3, 0.4) is 0 Å². The molecular weight excluding hydrogens is 134 g/mol. The lowest BCUT2D eigenvalue weighted by Crippen LogP contribution is -2.07. The molecular formula is C10H15N. The zero-order chi connectivity index (χ0) is 8.85. The SMILES string of the molecule is C=CC(=C)NC(=C)C=C(C)C. The van der Waals surface area contributed by atoms with Crippen LogP contribution < -0.4 is 5.32 Å². The molecule has 0 atom stereocenters. The minimum Gasteiger partial charge on any atom is -0.357 e.